The van der Waals surface area contributed by atoms with Gasteiger partial charge in [0, 0.05) is 37.0 Å². The summed E-state index contributed by atoms with van der Waals surface area (Å²) < 4.78 is 0. The zero-order valence-corrected chi connectivity index (χ0v) is 18.8. The van der Waals surface area contributed by atoms with Gasteiger partial charge in [-0.1, -0.05) is 54.1 Å². The summed E-state index contributed by atoms with van der Waals surface area (Å²) in [6, 6.07) is 24.5. The highest BCUT2D eigenvalue weighted by Crippen LogP contribution is 2.31. The molecule has 0 saturated carbocycles. The Hall–Kier alpha value is -3.57. The van der Waals surface area contributed by atoms with Crippen molar-refractivity contribution in [1.29, 1.82) is 0 Å². The Labute approximate surface area is 192 Å². The maximum absolute atomic E-state index is 13.3. The van der Waals surface area contributed by atoms with Gasteiger partial charge < -0.3 is 10.2 Å². The number of nitrogens with one attached hydrogen (secondary N) is 1. The highest BCUT2D eigenvalue weighted by Gasteiger charge is 2.38. The second-order valence-electron chi connectivity index (χ2n) is 7.82. The molecular weight excluding hydrogens is 422 g/mol. The lowest BCUT2D eigenvalue weighted by Gasteiger charge is -2.16. The smallest absolute Gasteiger partial charge is 0.278 e. The molecule has 1 N–H and O–H groups in total. The largest absolute Gasteiger partial charge is 0.378 e. The SMILES string of the molecule is CN(C)c1ccc(NC2=C(c3ccccc3)C(=O)N(CCc3ccc(Cl)cc3)C2=O)cc1. The maximum atomic E-state index is 13.3. The van der Waals surface area contributed by atoms with Crippen molar-refractivity contribution in [3.63, 3.8) is 0 Å². The number of hydrogen-bond donors (Lipinski definition) is 1. The van der Waals surface area contributed by atoms with E-state index in [4.69, 9.17) is 11.6 Å². The van der Waals surface area contributed by atoms with Gasteiger partial charge in [-0.05, 0) is 53.9 Å². The Kier molecular flexibility index (Phi) is 6.28. The van der Waals surface area contributed by atoms with Crippen LogP contribution in [0.1, 0.15) is 11.1 Å². The number of carbonyl (C=O) groups is 2. The molecular formula is C26H24ClN3O2. The number of benzene rings is 3. The molecule has 0 aromatic heterocycles. The second-order valence-corrected chi connectivity index (χ2v) is 8.26. The molecule has 162 valence electrons. The van der Waals surface area contributed by atoms with E-state index in [9.17, 15) is 9.59 Å². The first-order valence-electron chi connectivity index (χ1n) is 10.4. The van der Waals surface area contributed by atoms with Gasteiger partial charge in [0.15, 0.2) is 0 Å². The number of anilines is 2. The molecule has 2 amide bonds. The Morgan fingerprint density at radius 3 is 2.12 bits per heavy atom. The van der Waals surface area contributed by atoms with Crippen LogP contribution in [0, 0.1) is 0 Å². The molecule has 0 unspecified atom stereocenters. The van der Waals surface area contributed by atoms with Crippen LogP contribution in [-0.2, 0) is 16.0 Å². The third-order valence-corrected chi connectivity index (χ3v) is 5.67. The van der Waals surface area contributed by atoms with E-state index in [1.807, 2.05) is 97.9 Å². The zero-order chi connectivity index (χ0) is 22.7. The lowest BCUT2D eigenvalue weighted by Crippen LogP contribution is -2.34. The monoisotopic (exact) mass is 445 g/mol. The van der Waals surface area contributed by atoms with E-state index in [2.05, 4.69) is 5.32 Å². The van der Waals surface area contributed by atoms with Crippen LogP contribution in [0.4, 0.5) is 11.4 Å². The summed E-state index contributed by atoms with van der Waals surface area (Å²) in [5.41, 5.74) is 4.22. The van der Waals surface area contributed by atoms with Crippen molar-refractivity contribution in [3.05, 3.63) is 101 Å². The number of amides is 2. The Morgan fingerprint density at radius 2 is 1.50 bits per heavy atom. The fourth-order valence-corrected chi connectivity index (χ4v) is 3.77. The van der Waals surface area contributed by atoms with Gasteiger partial charge in [-0.3, -0.25) is 14.5 Å². The molecule has 0 bridgehead atoms. The normalized spacial score (nSPS) is 13.7. The zero-order valence-electron chi connectivity index (χ0n) is 18.0. The predicted octanol–water partition coefficient (Wildman–Crippen LogP) is 4.84. The molecule has 0 spiro atoms. The van der Waals surface area contributed by atoms with Crippen LogP contribution in [-0.4, -0.2) is 37.4 Å². The van der Waals surface area contributed by atoms with E-state index in [0.717, 1.165) is 16.9 Å². The molecule has 5 nitrogen and oxygen atoms in total. The van der Waals surface area contributed by atoms with Crippen LogP contribution < -0.4 is 10.2 Å². The number of hydrogen-bond acceptors (Lipinski definition) is 4. The van der Waals surface area contributed by atoms with Gasteiger partial charge in [0.1, 0.15) is 5.70 Å². The summed E-state index contributed by atoms with van der Waals surface area (Å²) in [4.78, 5) is 29.9. The fourth-order valence-electron chi connectivity index (χ4n) is 3.65. The van der Waals surface area contributed by atoms with Gasteiger partial charge >= 0.3 is 0 Å². The van der Waals surface area contributed by atoms with Gasteiger partial charge in [0.2, 0.25) is 0 Å². The number of nitrogens with zero attached hydrogens (tertiary/aromatic N) is 2. The quantitative estimate of drug-likeness (QED) is 0.529. The molecule has 0 aliphatic carbocycles. The standard InChI is InChI=1S/C26H24ClN3O2/c1-29(2)22-14-12-21(13-15-22)28-24-23(19-6-4-3-5-7-19)25(31)30(26(24)32)17-16-18-8-10-20(27)11-9-18/h3-15,28H,16-17H2,1-2H3. The van der Waals surface area contributed by atoms with Crippen LogP contribution in [0.15, 0.2) is 84.6 Å². The summed E-state index contributed by atoms with van der Waals surface area (Å²) in [6.07, 6.45) is 0.557. The summed E-state index contributed by atoms with van der Waals surface area (Å²) in [6.45, 7) is 0.292. The maximum Gasteiger partial charge on any atom is 0.278 e. The minimum absolute atomic E-state index is 0.289. The topological polar surface area (TPSA) is 52.7 Å². The van der Waals surface area contributed by atoms with Crippen molar-refractivity contribution < 1.29 is 9.59 Å². The molecule has 0 saturated heterocycles. The first-order chi connectivity index (χ1) is 15.4. The number of carbonyl (C=O) groups excluding carboxylic acids is 2. The van der Waals surface area contributed by atoms with Crippen molar-refractivity contribution >= 4 is 40.4 Å². The molecule has 0 atom stereocenters. The van der Waals surface area contributed by atoms with Crippen LogP contribution in [0.25, 0.3) is 5.57 Å². The first-order valence-corrected chi connectivity index (χ1v) is 10.8. The van der Waals surface area contributed by atoms with Gasteiger partial charge in [-0.2, -0.15) is 0 Å². The number of rotatable bonds is 7. The van der Waals surface area contributed by atoms with Crippen molar-refractivity contribution in [1.82, 2.24) is 4.90 Å². The minimum atomic E-state index is -0.320. The predicted molar refractivity (Wildman–Crippen MR) is 130 cm³/mol. The third-order valence-electron chi connectivity index (χ3n) is 5.42. The van der Waals surface area contributed by atoms with Gasteiger partial charge in [0.05, 0.1) is 5.57 Å². The molecule has 32 heavy (non-hydrogen) atoms. The first kappa shape index (κ1) is 21.7. The summed E-state index contributed by atoms with van der Waals surface area (Å²) in [5.74, 6) is -0.609. The molecule has 3 aromatic rings. The van der Waals surface area contributed by atoms with E-state index in [1.54, 1.807) is 0 Å². The van der Waals surface area contributed by atoms with E-state index in [-0.39, 0.29) is 11.8 Å². The van der Waals surface area contributed by atoms with E-state index >= 15 is 0 Å². The van der Waals surface area contributed by atoms with Crippen LogP contribution in [0.5, 0.6) is 0 Å². The number of halogens is 1. The highest BCUT2D eigenvalue weighted by molar-refractivity contribution is 6.36. The van der Waals surface area contributed by atoms with Gasteiger partial charge in [-0.15, -0.1) is 0 Å². The van der Waals surface area contributed by atoms with Gasteiger partial charge in [0.25, 0.3) is 11.8 Å². The van der Waals surface area contributed by atoms with Crippen LogP contribution >= 0.6 is 11.6 Å². The molecule has 6 heteroatoms. The summed E-state index contributed by atoms with van der Waals surface area (Å²) in [5, 5.41) is 3.86. The van der Waals surface area contributed by atoms with E-state index in [1.165, 1.54) is 4.90 Å². The molecule has 1 heterocycles. The molecule has 0 radical (unpaired) electrons. The van der Waals surface area contributed by atoms with Crippen molar-refractivity contribution in [2.24, 2.45) is 0 Å². The molecule has 3 aromatic carbocycles. The van der Waals surface area contributed by atoms with Crippen LogP contribution in [0.2, 0.25) is 5.02 Å². The van der Waals surface area contributed by atoms with E-state index < -0.39 is 0 Å². The highest BCUT2D eigenvalue weighted by atomic mass is 35.5. The third kappa shape index (κ3) is 4.53. The van der Waals surface area contributed by atoms with Gasteiger partial charge in [-0.25, -0.2) is 0 Å². The Bertz CT molecular complexity index is 1150. The van der Waals surface area contributed by atoms with Crippen molar-refractivity contribution in [2.75, 3.05) is 30.9 Å². The fraction of sp³-hybridized carbons (Fsp3) is 0.154. The molecule has 1 aliphatic rings. The minimum Gasteiger partial charge on any atom is -0.378 e. The molecule has 0 fully saturated rings. The second kappa shape index (κ2) is 9.28. The lowest BCUT2D eigenvalue weighted by molar-refractivity contribution is -0.136. The van der Waals surface area contributed by atoms with E-state index in [0.29, 0.717) is 34.8 Å². The molecule has 1 aliphatic heterocycles. The average Bonchev–Trinajstić information content (AvgIpc) is 3.03. The van der Waals surface area contributed by atoms with Crippen LogP contribution in [0.3, 0.4) is 0 Å². The molecule has 4 rings (SSSR count). The number of imide groups is 1. The Balaban J connectivity index is 1.62. The average molecular weight is 446 g/mol. The summed E-state index contributed by atoms with van der Waals surface area (Å²) >= 11 is 5.96. The Morgan fingerprint density at radius 1 is 0.844 bits per heavy atom. The lowest BCUT2D eigenvalue weighted by atomic mass is 10.0. The summed E-state index contributed by atoms with van der Waals surface area (Å²) in [7, 11) is 3.94. The van der Waals surface area contributed by atoms with Crippen molar-refractivity contribution in [2.45, 2.75) is 6.42 Å². The van der Waals surface area contributed by atoms with Crippen molar-refractivity contribution in [3.8, 4) is 0 Å².